The van der Waals surface area contributed by atoms with Gasteiger partial charge in [-0.15, -0.1) is 10.2 Å². The predicted octanol–water partition coefficient (Wildman–Crippen LogP) is 4.21. The van der Waals surface area contributed by atoms with Crippen LogP contribution in [0.1, 0.15) is 26.5 Å². The summed E-state index contributed by atoms with van der Waals surface area (Å²) in [6, 6.07) is 19.9. The molecule has 37 heavy (non-hydrogen) atoms. The van der Waals surface area contributed by atoms with Gasteiger partial charge in [0, 0.05) is 5.56 Å². The average molecular weight is 520 g/mol. The second-order valence-electron chi connectivity index (χ2n) is 7.62. The Morgan fingerprint density at radius 2 is 1.81 bits per heavy atom. The Bertz CT molecular complexity index is 1390. The molecular weight excluding hydrogens is 497 g/mol. The molecule has 0 saturated carbocycles. The van der Waals surface area contributed by atoms with E-state index in [2.05, 4.69) is 26.0 Å². The molecule has 0 aliphatic carbocycles. The molecule has 188 valence electrons. The van der Waals surface area contributed by atoms with E-state index in [4.69, 9.17) is 9.47 Å². The second-order valence-corrected chi connectivity index (χ2v) is 8.68. The van der Waals surface area contributed by atoms with Crippen LogP contribution in [0.25, 0.3) is 0 Å². The number of nitrogens with one attached hydrogen (secondary N) is 2. The minimum absolute atomic E-state index is 0.0459. The summed E-state index contributed by atoms with van der Waals surface area (Å²) in [5.41, 5.74) is 4.43. The van der Waals surface area contributed by atoms with Crippen molar-refractivity contribution in [3.63, 3.8) is 0 Å². The molecule has 0 unspecified atom stereocenters. The molecular formula is C26H22FN5O4S. The second kappa shape index (κ2) is 12.4. The van der Waals surface area contributed by atoms with Gasteiger partial charge in [0.05, 0.1) is 19.7 Å². The molecule has 4 aromatic rings. The molecule has 0 saturated heterocycles. The Hall–Kier alpha value is -4.64. The number of amides is 2. The van der Waals surface area contributed by atoms with E-state index in [0.717, 1.165) is 16.9 Å². The van der Waals surface area contributed by atoms with E-state index in [9.17, 15) is 14.0 Å². The fraction of sp³-hybridized carbons (Fsp3) is 0.115. The first-order valence-electron chi connectivity index (χ1n) is 11.1. The highest BCUT2D eigenvalue weighted by Gasteiger charge is 2.12. The molecule has 0 radical (unpaired) electrons. The summed E-state index contributed by atoms with van der Waals surface area (Å²) in [6.45, 7) is 0.253. The van der Waals surface area contributed by atoms with E-state index in [1.807, 2.05) is 6.07 Å². The summed E-state index contributed by atoms with van der Waals surface area (Å²) < 4.78 is 24.2. The van der Waals surface area contributed by atoms with Crippen molar-refractivity contribution in [3.05, 3.63) is 100 Å². The van der Waals surface area contributed by atoms with Crippen molar-refractivity contribution >= 4 is 34.5 Å². The lowest BCUT2D eigenvalue weighted by molar-refractivity contribution is -0.120. The minimum atomic E-state index is -0.389. The van der Waals surface area contributed by atoms with Gasteiger partial charge in [0.15, 0.2) is 11.5 Å². The van der Waals surface area contributed by atoms with Crippen molar-refractivity contribution in [1.82, 2.24) is 15.6 Å². The molecule has 2 N–H and O–H groups in total. The molecule has 0 fully saturated rings. The Morgan fingerprint density at radius 1 is 1.03 bits per heavy atom. The molecule has 0 aliphatic heterocycles. The Kier molecular flexibility index (Phi) is 8.50. The number of hydrogen-bond donors (Lipinski definition) is 2. The maximum Gasteiger partial charge on any atom is 0.257 e. The van der Waals surface area contributed by atoms with Crippen molar-refractivity contribution in [2.75, 3.05) is 12.4 Å². The summed E-state index contributed by atoms with van der Waals surface area (Å²) in [4.78, 5) is 24.4. The van der Waals surface area contributed by atoms with Gasteiger partial charge < -0.3 is 9.47 Å². The van der Waals surface area contributed by atoms with Gasteiger partial charge in [0.25, 0.3) is 5.91 Å². The summed E-state index contributed by atoms with van der Waals surface area (Å²) in [5.74, 6) is -0.00700. The predicted molar refractivity (Wildman–Crippen MR) is 137 cm³/mol. The lowest BCUT2D eigenvalue weighted by atomic mass is 10.2. The smallest absolute Gasteiger partial charge is 0.257 e. The minimum Gasteiger partial charge on any atom is -0.493 e. The number of carbonyl (C=O) groups is 2. The third-order valence-corrected chi connectivity index (χ3v) is 5.77. The summed E-state index contributed by atoms with van der Waals surface area (Å²) in [6.07, 6.45) is 1.42. The van der Waals surface area contributed by atoms with Crippen molar-refractivity contribution in [1.29, 1.82) is 0 Å². The SMILES string of the molecule is COc1cc(/C=N/NC(=O)Cc2nnc(NC(=O)c3ccccc3)s2)ccc1OCc1ccc(F)cc1. The summed E-state index contributed by atoms with van der Waals surface area (Å²) in [5, 5.41) is 15.2. The van der Waals surface area contributed by atoms with Crippen LogP contribution in [0.5, 0.6) is 11.5 Å². The molecule has 0 aliphatic rings. The maximum atomic E-state index is 13.1. The molecule has 1 heterocycles. The molecule has 0 bridgehead atoms. The number of benzene rings is 3. The highest BCUT2D eigenvalue weighted by atomic mass is 32.1. The average Bonchev–Trinajstić information content (AvgIpc) is 3.35. The molecule has 11 heteroatoms. The van der Waals surface area contributed by atoms with E-state index < -0.39 is 0 Å². The zero-order chi connectivity index (χ0) is 26.0. The van der Waals surface area contributed by atoms with Gasteiger partial charge in [-0.2, -0.15) is 5.10 Å². The zero-order valence-electron chi connectivity index (χ0n) is 19.7. The van der Waals surface area contributed by atoms with Crippen molar-refractivity contribution in [2.45, 2.75) is 13.0 Å². The standard InChI is InChI=1S/C26H22FN5O4S/c1-35-22-13-18(9-12-21(22)36-16-17-7-10-20(27)11-8-17)15-28-30-23(33)14-24-31-32-26(37-24)29-25(34)19-5-3-2-4-6-19/h2-13,15H,14,16H2,1H3,(H,30,33)(H,29,32,34)/b28-15+. The van der Waals surface area contributed by atoms with Crippen LogP contribution in [0, 0.1) is 5.82 Å². The number of hydrazone groups is 1. The Labute approximate surface area is 216 Å². The van der Waals surface area contributed by atoms with Crippen LogP contribution in [-0.2, 0) is 17.8 Å². The number of hydrogen-bond acceptors (Lipinski definition) is 8. The van der Waals surface area contributed by atoms with E-state index in [0.29, 0.717) is 32.8 Å². The lowest BCUT2D eigenvalue weighted by Gasteiger charge is -2.11. The van der Waals surface area contributed by atoms with E-state index in [1.165, 1.54) is 25.5 Å². The summed E-state index contributed by atoms with van der Waals surface area (Å²) in [7, 11) is 1.52. The van der Waals surface area contributed by atoms with Gasteiger partial charge >= 0.3 is 0 Å². The third kappa shape index (κ3) is 7.42. The zero-order valence-corrected chi connectivity index (χ0v) is 20.5. The number of anilines is 1. The van der Waals surface area contributed by atoms with Crippen LogP contribution >= 0.6 is 11.3 Å². The number of methoxy groups -OCH3 is 1. The maximum absolute atomic E-state index is 13.1. The van der Waals surface area contributed by atoms with Crippen LogP contribution in [0.3, 0.4) is 0 Å². The third-order valence-electron chi connectivity index (χ3n) is 4.93. The fourth-order valence-corrected chi connectivity index (χ4v) is 3.85. The monoisotopic (exact) mass is 519 g/mol. The van der Waals surface area contributed by atoms with Crippen LogP contribution in [-0.4, -0.2) is 35.3 Å². The topological polar surface area (TPSA) is 115 Å². The molecule has 1 aromatic heterocycles. The quantitative estimate of drug-likeness (QED) is 0.240. The lowest BCUT2D eigenvalue weighted by Crippen LogP contribution is -2.19. The number of ether oxygens (including phenoxy) is 2. The van der Waals surface area contributed by atoms with Gasteiger partial charge in [-0.05, 0) is 53.6 Å². The summed E-state index contributed by atoms with van der Waals surface area (Å²) >= 11 is 1.11. The van der Waals surface area contributed by atoms with Crippen molar-refractivity contribution < 1.29 is 23.5 Å². The largest absolute Gasteiger partial charge is 0.493 e. The van der Waals surface area contributed by atoms with Crippen molar-refractivity contribution in [2.24, 2.45) is 5.10 Å². The first-order valence-corrected chi connectivity index (χ1v) is 11.9. The first kappa shape index (κ1) is 25.5. The van der Waals surface area contributed by atoms with Crippen LogP contribution in [0.4, 0.5) is 9.52 Å². The van der Waals surface area contributed by atoms with Gasteiger partial charge in [-0.3, -0.25) is 14.9 Å². The number of aromatic nitrogens is 2. The van der Waals surface area contributed by atoms with E-state index in [1.54, 1.807) is 54.6 Å². The Morgan fingerprint density at radius 3 is 2.57 bits per heavy atom. The van der Waals surface area contributed by atoms with Crippen LogP contribution in [0.2, 0.25) is 0 Å². The highest BCUT2D eigenvalue weighted by molar-refractivity contribution is 7.15. The number of halogens is 1. The molecule has 0 spiro atoms. The van der Waals surface area contributed by atoms with Crippen LogP contribution in [0.15, 0.2) is 77.9 Å². The van der Waals surface area contributed by atoms with E-state index in [-0.39, 0.29) is 30.7 Å². The molecule has 0 atom stereocenters. The first-order chi connectivity index (χ1) is 18.0. The molecule has 2 amide bonds. The Balaban J connectivity index is 1.27. The van der Waals surface area contributed by atoms with Gasteiger partial charge in [0.2, 0.25) is 11.0 Å². The molecule has 9 nitrogen and oxygen atoms in total. The van der Waals surface area contributed by atoms with Gasteiger partial charge in [-0.25, -0.2) is 9.82 Å². The van der Waals surface area contributed by atoms with E-state index >= 15 is 0 Å². The van der Waals surface area contributed by atoms with Crippen LogP contribution < -0.4 is 20.2 Å². The highest BCUT2D eigenvalue weighted by Crippen LogP contribution is 2.28. The molecule has 3 aromatic carbocycles. The number of nitrogens with zero attached hydrogens (tertiary/aromatic N) is 3. The van der Waals surface area contributed by atoms with Crippen molar-refractivity contribution in [3.8, 4) is 11.5 Å². The fourth-order valence-electron chi connectivity index (χ4n) is 3.12. The normalized spacial score (nSPS) is 10.8. The van der Waals surface area contributed by atoms with Gasteiger partial charge in [-0.1, -0.05) is 41.7 Å². The van der Waals surface area contributed by atoms with Gasteiger partial charge in [0.1, 0.15) is 17.4 Å². The number of carbonyl (C=O) groups excluding carboxylic acids is 2. The number of rotatable bonds is 10. The molecule has 4 rings (SSSR count).